The van der Waals surface area contributed by atoms with E-state index < -0.39 is 41.7 Å². The van der Waals surface area contributed by atoms with Gasteiger partial charge in [-0.15, -0.1) is 0 Å². The van der Waals surface area contributed by atoms with Gasteiger partial charge in [0.25, 0.3) is 5.91 Å². The lowest BCUT2D eigenvalue weighted by Gasteiger charge is -2.64. The van der Waals surface area contributed by atoms with Crippen molar-refractivity contribution >= 4 is 41.4 Å². The third kappa shape index (κ3) is 6.15. The highest BCUT2D eigenvalue weighted by atomic mass is 32.1. The minimum absolute atomic E-state index is 0.0177. The van der Waals surface area contributed by atoms with E-state index in [0.29, 0.717) is 17.0 Å². The number of nitrogens with zero attached hydrogens (tertiary/aromatic N) is 6. The molecule has 1 aromatic rings. The maximum absolute atomic E-state index is 13.7. The van der Waals surface area contributed by atoms with E-state index in [1.165, 1.54) is 13.8 Å². The van der Waals surface area contributed by atoms with Gasteiger partial charge in [0.2, 0.25) is 22.3 Å². The van der Waals surface area contributed by atoms with Crippen LogP contribution in [0.3, 0.4) is 0 Å². The summed E-state index contributed by atoms with van der Waals surface area (Å²) in [5, 5.41) is 13.8. The summed E-state index contributed by atoms with van der Waals surface area (Å²) in [7, 11) is 0.811. The Labute approximate surface area is 244 Å². The van der Waals surface area contributed by atoms with E-state index in [-0.39, 0.29) is 29.6 Å². The summed E-state index contributed by atoms with van der Waals surface area (Å²) >= 11 is 1.02. The number of nitrogens with one attached hydrogen (secondary N) is 2. The molecule has 2 bridgehead atoms. The lowest BCUT2D eigenvalue weighted by atomic mass is 9.43. The molecule has 1 aliphatic heterocycles. The first-order valence-electron chi connectivity index (χ1n) is 13.7. The summed E-state index contributed by atoms with van der Waals surface area (Å²) in [4.78, 5) is 39.1. The lowest BCUT2D eigenvalue weighted by molar-refractivity contribution is -0.199. The summed E-state index contributed by atoms with van der Waals surface area (Å²) in [6.07, 6.45) is 1.78. The highest BCUT2D eigenvalue weighted by molar-refractivity contribution is 7.09. The predicted octanol–water partition coefficient (Wildman–Crippen LogP) is 3.48. The molecule has 16 heteroatoms. The molecule has 4 fully saturated rings. The summed E-state index contributed by atoms with van der Waals surface area (Å²) in [6.45, 7) is 14.6. The minimum atomic E-state index is -1.53. The third-order valence-corrected chi connectivity index (χ3v) is 9.01. The molecular weight excluding hydrogens is 551 g/mol. The van der Waals surface area contributed by atoms with Crippen molar-refractivity contribution in [3.63, 3.8) is 0 Å². The number of rotatable bonds is 10. The molecule has 5 rings (SSSR count). The van der Waals surface area contributed by atoms with Crippen LogP contribution in [0.15, 0.2) is 10.3 Å². The zero-order valence-corrected chi connectivity index (χ0v) is 25.9. The molecule has 3 aliphatic carbocycles. The van der Waals surface area contributed by atoms with Gasteiger partial charge in [-0.05, 0) is 77.2 Å². The number of ether oxygens (including phenoxy) is 1. The van der Waals surface area contributed by atoms with Gasteiger partial charge in [-0.1, -0.05) is 24.1 Å². The number of carbonyl (C=O) groups is 2. The molecule has 224 valence electrons. The van der Waals surface area contributed by atoms with Crippen LogP contribution >= 0.6 is 11.5 Å². The van der Waals surface area contributed by atoms with Gasteiger partial charge in [-0.3, -0.25) is 4.79 Å². The normalized spacial score (nSPS) is 27.6. The Bertz CT molecular complexity index is 1260. The van der Waals surface area contributed by atoms with Gasteiger partial charge in [0, 0.05) is 30.0 Å². The van der Waals surface area contributed by atoms with Gasteiger partial charge >= 0.3 is 13.1 Å². The number of esters is 1. The largest absolute Gasteiger partial charge is 0.481 e. The van der Waals surface area contributed by atoms with E-state index in [1.54, 1.807) is 27.8 Å². The van der Waals surface area contributed by atoms with Crippen LogP contribution in [-0.4, -0.2) is 76.5 Å². The topological polar surface area (TPSA) is 182 Å². The van der Waals surface area contributed by atoms with Crippen LogP contribution in [-0.2, 0) is 28.5 Å². The van der Waals surface area contributed by atoms with Gasteiger partial charge in [0.15, 0.2) is 0 Å². The average molecular weight is 591 g/mol. The second-order valence-electron chi connectivity index (χ2n) is 13.0. The molecular formula is C25H39BN8O6S. The lowest BCUT2D eigenvalue weighted by Crippen LogP contribution is -2.65. The summed E-state index contributed by atoms with van der Waals surface area (Å²) in [5.41, 5.74) is 6.08. The van der Waals surface area contributed by atoms with Crippen LogP contribution in [0.5, 0.6) is 0 Å². The predicted molar refractivity (Wildman–Crippen MR) is 153 cm³/mol. The van der Waals surface area contributed by atoms with Crippen LogP contribution in [0.4, 0.5) is 5.13 Å². The Morgan fingerprint density at radius 3 is 2.56 bits per heavy atom. The Balaban J connectivity index is 1.57. The highest BCUT2D eigenvalue weighted by Gasteiger charge is 2.68. The van der Waals surface area contributed by atoms with Crippen LogP contribution in [0, 0.1) is 17.3 Å². The van der Waals surface area contributed by atoms with Crippen LogP contribution < -0.4 is 10.6 Å². The fraction of sp³-hybridized carbons (Fsp3) is 0.800. The highest BCUT2D eigenvalue weighted by Crippen LogP contribution is 2.65. The average Bonchev–Trinajstić information content (AvgIpc) is 3.49. The SMILES string of the molecule is CNc1nc(/C(=N/OC(C)(C)C(=O)OC(C)(C)C)C(=O)N[C@@H](CN=[N+]=[N-])B2OC3CC4CC(C4(C)C)[C@]3(C)O2)ns1. The number of aromatic nitrogens is 2. The van der Waals surface area contributed by atoms with E-state index in [0.717, 1.165) is 24.4 Å². The third-order valence-electron chi connectivity index (χ3n) is 8.28. The van der Waals surface area contributed by atoms with Crippen molar-refractivity contribution in [3.05, 3.63) is 16.3 Å². The van der Waals surface area contributed by atoms with E-state index in [1.807, 2.05) is 0 Å². The Hall–Kier alpha value is -2.94. The molecule has 14 nitrogen and oxygen atoms in total. The molecule has 0 aromatic carbocycles. The molecule has 4 aliphatic rings. The summed E-state index contributed by atoms with van der Waals surface area (Å²) in [5.74, 6) is -1.40. The van der Waals surface area contributed by atoms with E-state index in [4.69, 9.17) is 24.4 Å². The maximum atomic E-state index is 13.7. The first-order chi connectivity index (χ1) is 19.0. The Morgan fingerprint density at radius 2 is 1.98 bits per heavy atom. The molecule has 0 spiro atoms. The van der Waals surface area contributed by atoms with Crippen molar-refractivity contribution in [2.24, 2.45) is 27.5 Å². The molecule has 3 saturated carbocycles. The van der Waals surface area contributed by atoms with Gasteiger partial charge in [-0.2, -0.15) is 9.36 Å². The molecule has 41 heavy (non-hydrogen) atoms. The second kappa shape index (κ2) is 11.0. The summed E-state index contributed by atoms with van der Waals surface area (Å²) in [6, 6.07) is 0. The van der Waals surface area contributed by atoms with Crippen LogP contribution in [0.2, 0.25) is 0 Å². The van der Waals surface area contributed by atoms with Crippen molar-refractivity contribution in [1.29, 1.82) is 0 Å². The number of anilines is 1. The number of azide groups is 1. The molecule has 1 aromatic heterocycles. The smallest absolute Gasteiger partial charge is 0.457 e. The van der Waals surface area contributed by atoms with Gasteiger partial charge in [-0.25, -0.2) is 4.79 Å². The van der Waals surface area contributed by atoms with Gasteiger partial charge < -0.3 is 29.5 Å². The molecule has 0 radical (unpaired) electrons. The number of amides is 1. The van der Waals surface area contributed by atoms with Crippen molar-refractivity contribution in [3.8, 4) is 0 Å². The van der Waals surface area contributed by atoms with Crippen LogP contribution in [0.1, 0.15) is 74.1 Å². The van der Waals surface area contributed by atoms with Gasteiger partial charge in [0.1, 0.15) is 5.60 Å². The molecule has 3 unspecified atom stereocenters. The fourth-order valence-electron chi connectivity index (χ4n) is 5.84. The molecule has 2 N–H and O–H groups in total. The number of oxime groups is 1. The van der Waals surface area contributed by atoms with E-state index >= 15 is 0 Å². The molecule has 1 saturated heterocycles. The number of hydrogen-bond acceptors (Lipinski definition) is 12. The first kappa shape index (κ1) is 31.0. The van der Waals surface area contributed by atoms with Crippen molar-refractivity contribution in [2.45, 2.75) is 97.1 Å². The number of carbonyl (C=O) groups excluding carboxylic acids is 2. The summed E-state index contributed by atoms with van der Waals surface area (Å²) < 4.78 is 22.5. The molecule has 5 atom stereocenters. The van der Waals surface area contributed by atoms with Crippen molar-refractivity contribution < 1.29 is 28.5 Å². The monoisotopic (exact) mass is 590 g/mol. The molecule has 2 heterocycles. The Kier molecular flexibility index (Phi) is 8.35. The Morgan fingerprint density at radius 1 is 1.27 bits per heavy atom. The van der Waals surface area contributed by atoms with E-state index in [2.05, 4.69) is 55.9 Å². The maximum Gasteiger partial charge on any atom is 0.481 e. The first-order valence-corrected chi connectivity index (χ1v) is 14.5. The zero-order chi connectivity index (χ0) is 30.4. The van der Waals surface area contributed by atoms with Crippen LogP contribution in [0.25, 0.3) is 10.4 Å². The number of hydrogen-bond donors (Lipinski definition) is 2. The quantitative estimate of drug-likeness (QED) is 0.0784. The van der Waals surface area contributed by atoms with Crippen molar-refractivity contribution in [2.75, 3.05) is 18.9 Å². The van der Waals surface area contributed by atoms with E-state index in [9.17, 15) is 9.59 Å². The zero-order valence-electron chi connectivity index (χ0n) is 25.0. The fourth-order valence-corrected chi connectivity index (χ4v) is 6.35. The minimum Gasteiger partial charge on any atom is -0.457 e. The van der Waals surface area contributed by atoms with Crippen molar-refractivity contribution in [1.82, 2.24) is 14.7 Å². The second-order valence-corrected chi connectivity index (χ2v) is 13.8. The van der Waals surface area contributed by atoms with Gasteiger partial charge in [0.05, 0.1) is 17.6 Å². The standard InChI is InChI=1S/C25H39BN8O6S/c1-22(2,3)37-20(36)24(6,7)40-32-17(18-31-21(28-9)41-33-18)19(35)30-16(12-29-34-27)26-38-15-11-13-10-14(23(13,4)5)25(15,8)39-26/h13-16H,10-12H2,1-9H3,(H,30,35)(H,28,31,33)/b32-17-/t13?,14?,15?,16-,25-/m0/s1. The molecule has 1 amide bonds.